The highest BCUT2D eigenvalue weighted by atomic mass is 31.2. The molecule has 23 heavy (non-hydrogen) atoms. The fraction of sp³-hybridized carbons (Fsp3) is 0.500. The topological polar surface area (TPSA) is 103 Å². The monoisotopic (exact) mass is 340 g/mol. The summed E-state index contributed by atoms with van der Waals surface area (Å²) in [4.78, 5) is 13.8. The van der Waals surface area contributed by atoms with Crippen molar-refractivity contribution >= 4 is 18.9 Å². The number of nitrogens with zero attached hydrogens (tertiary/aromatic N) is 2. The van der Waals surface area contributed by atoms with Crippen molar-refractivity contribution in [3.63, 3.8) is 0 Å². The van der Waals surface area contributed by atoms with Crippen molar-refractivity contribution in [2.45, 2.75) is 38.4 Å². The van der Waals surface area contributed by atoms with Gasteiger partial charge in [0.1, 0.15) is 18.3 Å². The summed E-state index contributed by atoms with van der Waals surface area (Å²) in [5.74, 6) is 0. The molecule has 8 nitrogen and oxygen atoms in total. The van der Waals surface area contributed by atoms with Gasteiger partial charge in [0.2, 0.25) is 0 Å². The number of aliphatic hydroxyl groups excluding tert-OH is 1. The van der Waals surface area contributed by atoms with Gasteiger partial charge in [-0.2, -0.15) is 0 Å². The minimum Gasteiger partial charge on any atom is -0.386 e. The van der Waals surface area contributed by atoms with Crippen LogP contribution in [0.5, 0.6) is 0 Å². The second-order valence-electron chi connectivity index (χ2n) is 5.97. The van der Waals surface area contributed by atoms with Gasteiger partial charge in [-0.3, -0.25) is 9.05 Å². The zero-order valence-electron chi connectivity index (χ0n) is 12.6. The maximum Gasteiger partial charge on any atom is 0.472 e. The Morgan fingerprint density at radius 1 is 1.35 bits per heavy atom. The van der Waals surface area contributed by atoms with E-state index < -0.39 is 32.4 Å². The number of benzene rings is 1. The van der Waals surface area contributed by atoms with Gasteiger partial charge >= 0.3 is 7.82 Å². The zero-order chi connectivity index (χ0) is 16.4. The van der Waals surface area contributed by atoms with Crippen molar-refractivity contribution in [3.8, 4) is 0 Å². The molecule has 4 rings (SSSR count). The normalized spacial score (nSPS) is 37.2. The average Bonchev–Trinajstić information content (AvgIpc) is 3.01. The summed E-state index contributed by atoms with van der Waals surface area (Å²) in [5, 5.41) is 10.5. The predicted molar refractivity (Wildman–Crippen MR) is 79.8 cm³/mol. The summed E-state index contributed by atoms with van der Waals surface area (Å²) in [6, 6.07) is 3.95. The minimum absolute atomic E-state index is 0.100. The summed E-state index contributed by atoms with van der Waals surface area (Å²) in [6.07, 6.45) is -1.77. The third-order valence-electron chi connectivity index (χ3n) is 4.43. The molecular formula is C14H17N2O6P. The summed E-state index contributed by atoms with van der Waals surface area (Å²) < 4.78 is 28.8. The van der Waals surface area contributed by atoms with Gasteiger partial charge in [0.15, 0.2) is 6.23 Å². The first kappa shape index (κ1) is 15.3. The molecule has 0 bridgehead atoms. The smallest absolute Gasteiger partial charge is 0.386 e. The maximum absolute atomic E-state index is 11.5. The van der Waals surface area contributed by atoms with E-state index >= 15 is 0 Å². The third-order valence-corrected chi connectivity index (χ3v) is 5.42. The van der Waals surface area contributed by atoms with E-state index in [1.807, 2.05) is 26.0 Å². The van der Waals surface area contributed by atoms with Gasteiger partial charge in [0, 0.05) is 0 Å². The molecule has 0 aliphatic carbocycles. The van der Waals surface area contributed by atoms with E-state index in [0.717, 1.165) is 22.2 Å². The van der Waals surface area contributed by atoms with Crippen LogP contribution in [-0.2, 0) is 18.3 Å². The molecule has 1 aromatic carbocycles. The first-order valence-corrected chi connectivity index (χ1v) is 8.78. The van der Waals surface area contributed by atoms with E-state index in [1.165, 1.54) is 0 Å². The molecule has 0 spiro atoms. The average molecular weight is 340 g/mol. The first-order valence-electron chi connectivity index (χ1n) is 7.29. The van der Waals surface area contributed by atoms with Gasteiger partial charge in [-0.1, -0.05) is 0 Å². The number of hydrogen-bond acceptors (Lipinski definition) is 6. The molecule has 9 heteroatoms. The van der Waals surface area contributed by atoms with E-state index in [9.17, 15) is 14.6 Å². The van der Waals surface area contributed by atoms with Crippen molar-refractivity contribution in [1.29, 1.82) is 0 Å². The lowest BCUT2D eigenvalue weighted by Gasteiger charge is -2.27. The SMILES string of the molecule is Cc1cc2ncn([C@@H]3O[C@@H]4COP(=O)(O)O[C@@H]4[C@H]3O)c2cc1C. The van der Waals surface area contributed by atoms with Crippen LogP contribution >= 0.6 is 7.82 Å². The third kappa shape index (κ3) is 2.42. The number of aryl methyl sites for hydroxylation is 2. The highest BCUT2D eigenvalue weighted by Crippen LogP contribution is 2.52. The number of fused-ring (bicyclic) bond motifs is 2. The van der Waals surface area contributed by atoms with Crippen molar-refractivity contribution in [1.82, 2.24) is 9.55 Å². The van der Waals surface area contributed by atoms with Crippen LogP contribution in [0.4, 0.5) is 0 Å². The Bertz CT molecular complexity index is 821. The molecular weight excluding hydrogens is 323 g/mol. The number of aliphatic hydroxyl groups is 1. The van der Waals surface area contributed by atoms with Gasteiger partial charge < -0.3 is 19.3 Å². The highest BCUT2D eigenvalue weighted by Gasteiger charge is 2.52. The van der Waals surface area contributed by atoms with Crippen molar-refractivity contribution in [2.24, 2.45) is 0 Å². The zero-order valence-corrected chi connectivity index (χ0v) is 13.5. The Hall–Kier alpha value is -1.28. The van der Waals surface area contributed by atoms with Gasteiger partial charge in [-0.25, -0.2) is 9.55 Å². The second-order valence-corrected chi connectivity index (χ2v) is 7.37. The van der Waals surface area contributed by atoms with Gasteiger partial charge in [0.25, 0.3) is 0 Å². The van der Waals surface area contributed by atoms with Crippen molar-refractivity contribution < 1.29 is 28.3 Å². The maximum atomic E-state index is 11.5. The molecule has 2 aromatic rings. The van der Waals surface area contributed by atoms with Crippen LogP contribution in [0.1, 0.15) is 17.4 Å². The van der Waals surface area contributed by atoms with Gasteiger partial charge in [-0.05, 0) is 37.1 Å². The number of hydrogen-bond donors (Lipinski definition) is 2. The minimum atomic E-state index is -4.12. The highest BCUT2D eigenvalue weighted by molar-refractivity contribution is 7.47. The van der Waals surface area contributed by atoms with E-state index in [4.69, 9.17) is 13.8 Å². The van der Waals surface area contributed by atoms with Crippen LogP contribution < -0.4 is 0 Å². The van der Waals surface area contributed by atoms with E-state index in [-0.39, 0.29) is 6.61 Å². The van der Waals surface area contributed by atoms with Crippen LogP contribution in [-0.4, -0.2) is 44.5 Å². The fourth-order valence-electron chi connectivity index (χ4n) is 3.05. The number of aromatic nitrogens is 2. The van der Waals surface area contributed by atoms with Crippen molar-refractivity contribution in [3.05, 3.63) is 29.6 Å². The molecule has 2 N–H and O–H groups in total. The summed E-state index contributed by atoms with van der Waals surface area (Å²) in [6.45, 7) is 3.90. The molecule has 2 aliphatic rings. The van der Waals surface area contributed by atoms with Crippen LogP contribution in [0.15, 0.2) is 18.5 Å². The standard InChI is InChI=1S/C14H17N2O6P/c1-7-3-9-10(4-8(7)2)16(6-15-9)14-12(17)13-11(21-14)5-20-23(18,19)22-13/h3-4,6,11-14,17H,5H2,1-2H3,(H,18,19)/t11-,12-,13+,14-/m1/s1. The summed E-state index contributed by atoms with van der Waals surface area (Å²) in [5.41, 5.74) is 3.85. The largest absolute Gasteiger partial charge is 0.472 e. The molecule has 1 aromatic heterocycles. The lowest BCUT2D eigenvalue weighted by atomic mass is 10.1. The summed E-state index contributed by atoms with van der Waals surface area (Å²) in [7, 11) is -4.12. The van der Waals surface area contributed by atoms with E-state index in [2.05, 4.69) is 4.98 Å². The van der Waals surface area contributed by atoms with Crippen LogP contribution in [0.25, 0.3) is 11.0 Å². The predicted octanol–water partition coefficient (Wildman–Crippen LogP) is 1.43. The Labute approximate surface area is 132 Å². The van der Waals surface area contributed by atoms with Gasteiger partial charge in [-0.15, -0.1) is 0 Å². The Morgan fingerprint density at radius 3 is 2.87 bits per heavy atom. The summed E-state index contributed by atoms with van der Waals surface area (Å²) >= 11 is 0. The number of phosphoric acid groups is 1. The van der Waals surface area contributed by atoms with E-state index in [1.54, 1.807) is 10.9 Å². The molecule has 0 amide bonds. The molecule has 5 atom stereocenters. The number of ether oxygens (including phenoxy) is 1. The number of rotatable bonds is 1. The molecule has 0 saturated carbocycles. The molecule has 2 fully saturated rings. The van der Waals surface area contributed by atoms with E-state index in [0.29, 0.717) is 0 Å². The number of imidazole rings is 1. The lowest BCUT2D eigenvalue weighted by molar-refractivity contribution is -0.0663. The number of phosphoric ester groups is 1. The Morgan fingerprint density at radius 2 is 2.09 bits per heavy atom. The molecule has 124 valence electrons. The molecule has 2 aliphatic heterocycles. The lowest BCUT2D eigenvalue weighted by Crippen LogP contribution is -2.39. The molecule has 3 heterocycles. The molecule has 2 saturated heterocycles. The van der Waals surface area contributed by atoms with Crippen molar-refractivity contribution in [2.75, 3.05) is 6.61 Å². The van der Waals surface area contributed by atoms with Crippen LogP contribution in [0, 0.1) is 13.8 Å². The quantitative estimate of drug-likeness (QED) is 0.757. The molecule has 0 radical (unpaired) electrons. The molecule has 1 unspecified atom stereocenters. The first-order chi connectivity index (χ1) is 10.9. The van der Waals surface area contributed by atoms with Crippen LogP contribution in [0.3, 0.4) is 0 Å². The van der Waals surface area contributed by atoms with Gasteiger partial charge in [0.05, 0.1) is 24.0 Å². The Kier molecular flexibility index (Phi) is 3.39. The van der Waals surface area contributed by atoms with Crippen LogP contribution in [0.2, 0.25) is 0 Å². The Balaban J connectivity index is 1.72. The second kappa shape index (κ2) is 5.11. The fourth-order valence-corrected chi connectivity index (χ4v) is 4.02.